The van der Waals surface area contributed by atoms with E-state index in [-0.39, 0.29) is 12.0 Å². The molecular formula is C12H23N3O2. The molecule has 0 fully saturated rings. The topological polar surface area (TPSA) is 74.2 Å². The molecule has 0 aliphatic carbocycles. The fourth-order valence-electron chi connectivity index (χ4n) is 1.79. The minimum atomic E-state index is -0.460. The summed E-state index contributed by atoms with van der Waals surface area (Å²) in [5.41, 5.74) is 5.52. The second-order valence-electron chi connectivity index (χ2n) is 4.63. The average Bonchev–Trinajstić information content (AvgIpc) is 2.81. The number of ether oxygens (including phenoxy) is 1. The van der Waals surface area contributed by atoms with E-state index in [4.69, 9.17) is 15.0 Å². The SMILES string of the molecule is CCC(CC)(OC)c1noc([C@@H](N)C(C)C)n1. The number of nitrogens with zero attached hydrogens (tertiary/aromatic N) is 2. The van der Waals surface area contributed by atoms with Crippen molar-refractivity contribution >= 4 is 0 Å². The normalized spacial score (nSPS) is 14.3. The second-order valence-corrected chi connectivity index (χ2v) is 4.63. The molecule has 0 saturated heterocycles. The van der Waals surface area contributed by atoms with E-state index in [1.165, 1.54) is 0 Å². The van der Waals surface area contributed by atoms with Crippen LogP contribution in [-0.2, 0) is 10.3 Å². The van der Waals surface area contributed by atoms with Crippen LogP contribution in [0.5, 0.6) is 0 Å². The number of hydrogen-bond acceptors (Lipinski definition) is 5. The van der Waals surface area contributed by atoms with Crippen molar-refractivity contribution in [2.45, 2.75) is 52.2 Å². The first-order valence-electron chi connectivity index (χ1n) is 6.15. The minimum absolute atomic E-state index is 0.223. The summed E-state index contributed by atoms with van der Waals surface area (Å²) < 4.78 is 10.8. The van der Waals surface area contributed by atoms with Crippen LogP contribution in [0.4, 0.5) is 0 Å². The molecule has 1 aromatic rings. The van der Waals surface area contributed by atoms with Gasteiger partial charge < -0.3 is 15.0 Å². The number of rotatable bonds is 6. The van der Waals surface area contributed by atoms with E-state index in [2.05, 4.69) is 10.1 Å². The van der Waals surface area contributed by atoms with E-state index < -0.39 is 5.60 Å². The predicted molar refractivity (Wildman–Crippen MR) is 65.3 cm³/mol. The van der Waals surface area contributed by atoms with E-state index in [9.17, 15) is 0 Å². The Morgan fingerprint density at radius 2 is 1.94 bits per heavy atom. The van der Waals surface area contributed by atoms with Crippen LogP contribution in [0.15, 0.2) is 4.52 Å². The van der Waals surface area contributed by atoms with Crippen molar-refractivity contribution in [3.05, 3.63) is 11.7 Å². The van der Waals surface area contributed by atoms with Gasteiger partial charge >= 0.3 is 0 Å². The van der Waals surface area contributed by atoms with Crippen molar-refractivity contribution < 1.29 is 9.26 Å². The van der Waals surface area contributed by atoms with E-state index in [1.807, 2.05) is 27.7 Å². The number of aromatic nitrogens is 2. The smallest absolute Gasteiger partial charge is 0.243 e. The summed E-state index contributed by atoms with van der Waals surface area (Å²) in [6.45, 7) is 8.15. The largest absolute Gasteiger partial charge is 0.370 e. The Labute approximate surface area is 103 Å². The van der Waals surface area contributed by atoms with Crippen molar-refractivity contribution in [2.75, 3.05) is 7.11 Å². The summed E-state index contributed by atoms with van der Waals surface area (Å²) in [6, 6.07) is -0.223. The lowest BCUT2D eigenvalue weighted by molar-refractivity contribution is -0.0306. The summed E-state index contributed by atoms with van der Waals surface area (Å²) in [4.78, 5) is 4.39. The van der Waals surface area contributed by atoms with Crippen LogP contribution < -0.4 is 5.73 Å². The van der Waals surface area contributed by atoms with Gasteiger partial charge in [-0.2, -0.15) is 4.98 Å². The highest BCUT2D eigenvalue weighted by molar-refractivity contribution is 5.03. The van der Waals surface area contributed by atoms with Gasteiger partial charge in [0.1, 0.15) is 5.60 Å². The van der Waals surface area contributed by atoms with Crippen molar-refractivity contribution in [1.82, 2.24) is 10.1 Å². The van der Waals surface area contributed by atoms with Crippen LogP contribution in [0.1, 0.15) is 58.3 Å². The molecule has 5 heteroatoms. The maximum absolute atomic E-state index is 5.98. The summed E-state index contributed by atoms with van der Waals surface area (Å²) in [7, 11) is 1.67. The second kappa shape index (κ2) is 5.60. The minimum Gasteiger partial charge on any atom is -0.370 e. The molecule has 0 saturated carbocycles. The molecule has 0 amide bonds. The van der Waals surface area contributed by atoms with Gasteiger partial charge in [0.25, 0.3) is 0 Å². The number of hydrogen-bond donors (Lipinski definition) is 1. The molecule has 1 aromatic heterocycles. The van der Waals surface area contributed by atoms with Gasteiger partial charge in [-0.3, -0.25) is 0 Å². The van der Waals surface area contributed by atoms with Crippen LogP contribution >= 0.6 is 0 Å². The van der Waals surface area contributed by atoms with Crippen molar-refractivity contribution in [1.29, 1.82) is 0 Å². The lowest BCUT2D eigenvalue weighted by Gasteiger charge is -2.26. The number of methoxy groups -OCH3 is 1. The van der Waals surface area contributed by atoms with Crippen LogP contribution in [0, 0.1) is 5.92 Å². The molecule has 1 atom stereocenters. The van der Waals surface area contributed by atoms with Crippen LogP contribution in [0.25, 0.3) is 0 Å². The van der Waals surface area contributed by atoms with Gasteiger partial charge in [0.15, 0.2) is 0 Å². The van der Waals surface area contributed by atoms with Crippen molar-refractivity contribution in [2.24, 2.45) is 11.7 Å². The maximum Gasteiger partial charge on any atom is 0.243 e. The fraction of sp³-hybridized carbons (Fsp3) is 0.833. The van der Waals surface area contributed by atoms with Crippen molar-refractivity contribution in [3.8, 4) is 0 Å². The summed E-state index contributed by atoms with van der Waals surface area (Å²) in [5.74, 6) is 1.35. The monoisotopic (exact) mass is 241 g/mol. The quantitative estimate of drug-likeness (QED) is 0.827. The third kappa shape index (κ3) is 2.66. The molecule has 0 radical (unpaired) electrons. The van der Waals surface area contributed by atoms with Gasteiger partial charge in [0, 0.05) is 7.11 Å². The third-order valence-electron chi connectivity index (χ3n) is 3.39. The zero-order valence-electron chi connectivity index (χ0n) is 11.4. The lowest BCUT2D eigenvalue weighted by atomic mass is 9.96. The molecule has 5 nitrogen and oxygen atoms in total. The van der Waals surface area contributed by atoms with Gasteiger partial charge in [-0.15, -0.1) is 0 Å². The molecular weight excluding hydrogens is 218 g/mol. The Hall–Kier alpha value is -0.940. The Morgan fingerprint density at radius 3 is 2.35 bits per heavy atom. The van der Waals surface area contributed by atoms with E-state index in [0.717, 1.165) is 12.8 Å². The third-order valence-corrected chi connectivity index (χ3v) is 3.39. The molecule has 1 heterocycles. The molecule has 0 spiro atoms. The highest BCUT2D eigenvalue weighted by Gasteiger charge is 2.34. The van der Waals surface area contributed by atoms with Gasteiger partial charge in [-0.05, 0) is 18.8 Å². The highest BCUT2D eigenvalue weighted by Crippen LogP contribution is 2.31. The Balaban J connectivity index is 3.00. The first kappa shape index (κ1) is 14.1. The zero-order valence-corrected chi connectivity index (χ0v) is 11.4. The Bertz CT molecular complexity index is 337. The number of nitrogens with two attached hydrogens (primary N) is 1. The predicted octanol–water partition coefficient (Wildman–Crippen LogP) is 2.39. The van der Waals surface area contributed by atoms with E-state index in [0.29, 0.717) is 11.7 Å². The first-order valence-corrected chi connectivity index (χ1v) is 6.15. The summed E-state index contributed by atoms with van der Waals surface area (Å²) >= 11 is 0. The molecule has 0 unspecified atom stereocenters. The molecule has 0 bridgehead atoms. The molecule has 17 heavy (non-hydrogen) atoms. The molecule has 2 N–H and O–H groups in total. The maximum atomic E-state index is 5.98. The van der Waals surface area contributed by atoms with E-state index in [1.54, 1.807) is 7.11 Å². The summed E-state index contributed by atoms with van der Waals surface area (Å²) in [6.07, 6.45) is 1.60. The van der Waals surface area contributed by atoms with Gasteiger partial charge in [0.2, 0.25) is 11.7 Å². The van der Waals surface area contributed by atoms with Gasteiger partial charge in [-0.1, -0.05) is 32.9 Å². The Morgan fingerprint density at radius 1 is 1.35 bits per heavy atom. The zero-order chi connectivity index (χ0) is 13.1. The summed E-state index contributed by atoms with van der Waals surface area (Å²) in [5, 5.41) is 4.01. The molecule has 0 aromatic carbocycles. The average molecular weight is 241 g/mol. The van der Waals surface area contributed by atoms with E-state index >= 15 is 0 Å². The lowest BCUT2D eigenvalue weighted by Crippen LogP contribution is -2.28. The molecule has 98 valence electrons. The first-order chi connectivity index (χ1) is 8.00. The molecule has 0 aliphatic rings. The standard InChI is InChI=1S/C12H23N3O2/c1-6-12(7-2,16-5)11-14-10(17-15-11)9(13)8(3)4/h8-9H,6-7,13H2,1-5H3/t9-/m0/s1. The van der Waals surface area contributed by atoms with Crippen LogP contribution in [0.2, 0.25) is 0 Å². The van der Waals surface area contributed by atoms with Gasteiger partial charge in [0.05, 0.1) is 6.04 Å². The van der Waals surface area contributed by atoms with Crippen LogP contribution in [0.3, 0.4) is 0 Å². The molecule has 0 aliphatic heterocycles. The molecule has 1 rings (SSSR count). The Kier molecular flexibility index (Phi) is 4.65. The van der Waals surface area contributed by atoms with Crippen LogP contribution in [-0.4, -0.2) is 17.3 Å². The van der Waals surface area contributed by atoms with Gasteiger partial charge in [-0.25, -0.2) is 0 Å². The highest BCUT2D eigenvalue weighted by atomic mass is 16.5. The fourth-order valence-corrected chi connectivity index (χ4v) is 1.79. The van der Waals surface area contributed by atoms with Crippen molar-refractivity contribution in [3.63, 3.8) is 0 Å².